The van der Waals surface area contributed by atoms with Crippen LogP contribution in [0.2, 0.25) is 0 Å². The number of nitrogens with one attached hydrogen (secondary N) is 1. The Kier molecular flexibility index (Phi) is 5.61. The standard InChI is InChI=1S/C19H25N5O4/c1-11(13-4-3-6-21-10-13)23-18(27)24-16(17(25)26)14(19(24,2)28)8-12-5-7-22-15(20)9-12/h3-7,9-11,14,16,18,23,27-28H,8H2,1-2H3,(H2,20,22)(H,25,26). The largest absolute Gasteiger partial charge is 0.480 e. The van der Waals surface area contributed by atoms with E-state index in [1.165, 1.54) is 13.1 Å². The molecule has 28 heavy (non-hydrogen) atoms. The molecule has 1 aliphatic heterocycles. The van der Waals surface area contributed by atoms with Gasteiger partial charge in [-0.05, 0) is 49.6 Å². The molecule has 2 aromatic rings. The molecule has 1 aliphatic rings. The zero-order chi connectivity index (χ0) is 20.5. The van der Waals surface area contributed by atoms with E-state index in [0.717, 1.165) is 16.0 Å². The van der Waals surface area contributed by atoms with Crippen molar-refractivity contribution < 1.29 is 20.1 Å². The number of hydrogen-bond donors (Lipinski definition) is 5. The van der Waals surface area contributed by atoms with Gasteiger partial charge < -0.3 is 21.1 Å². The zero-order valence-corrected chi connectivity index (χ0v) is 15.7. The minimum Gasteiger partial charge on any atom is -0.480 e. The fourth-order valence-electron chi connectivity index (χ4n) is 3.79. The van der Waals surface area contributed by atoms with E-state index in [1.54, 1.807) is 30.6 Å². The van der Waals surface area contributed by atoms with Crippen LogP contribution in [0.4, 0.5) is 5.82 Å². The van der Waals surface area contributed by atoms with Crippen molar-refractivity contribution in [1.82, 2.24) is 20.2 Å². The number of aliphatic hydroxyl groups is 2. The lowest BCUT2D eigenvalue weighted by Crippen LogP contribution is -2.78. The van der Waals surface area contributed by atoms with Gasteiger partial charge >= 0.3 is 5.97 Å². The molecule has 2 aromatic heterocycles. The Morgan fingerprint density at radius 1 is 1.43 bits per heavy atom. The molecule has 5 unspecified atom stereocenters. The van der Waals surface area contributed by atoms with Crippen LogP contribution in [0.3, 0.4) is 0 Å². The van der Waals surface area contributed by atoms with E-state index in [-0.39, 0.29) is 12.5 Å². The average Bonchev–Trinajstić information content (AvgIpc) is 2.64. The number of nitrogens with two attached hydrogens (primary N) is 1. The molecule has 0 aromatic carbocycles. The van der Waals surface area contributed by atoms with Gasteiger partial charge in [-0.2, -0.15) is 0 Å². The normalized spacial score (nSPS) is 27.0. The number of likely N-dealkylation sites (tertiary alicyclic amines) is 1. The molecular formula is C19H25N5O4. The highest BCUT2D eigenvalue weighted by atomic mass is 16.4. The topological polar surface area (TPSA) is 145 Å². The first-order valence-corrected chi connectivity index (χ1v) is 9.00. The summed E-state index contributed by atoms with van der Waals surface area (Å²) in [4.78, 5) is 21.0. The van der Waals surface area contributed by atoms with E-state index in [2.05, 4.69) is 15.3 Å². The van der Waals surface area contributed by atoms with Crippen LogP contribution in [0.5, 0.6) is 0 Å². The molecule has 0 aliphatic carbocycles. The van der Waals surface area contributed by atoms with E-state index >= 15 is 0 Å². The fraction of sp³-hybridized carbons (Fsp3) is 0.421. The molecule has 3 rings (SSSR count). The summed E-state index contributed by atoms with van der Waals surface area (Å²) < 4.78 is 0. The van der Waals surface area contributed by atoms with E-state index in [1.807, 2.05) is 13.0 Å². The number of carbonyl (C=O) groups is 1. The van der Waals surface area contributed by atoms with Crippen LogP contribution in [0.25, 0.3) is 0 Å². The molecule has 6 N–H and O–H groups in total. The Morgan fingerprint density at radius 3 is 2.79 bits per heavy atom. The van der Waals surface area contributed by atoms with Crippen molar-refractivity contribution in [3.8, 4) is 0 Å². The average molecular weight is 387 g/mol. The maximum Gasteiger partial charge on any atom is 0.321 e. The van der Waals surface area contributed by atoms with Crippen LogP contribution in [-0.2, 0) is 11.2 Å². The number of rotatable bonds is 7. The summed E-state index contributed by atoms with van der Waals surface area (Å²) in [7, 11) is 0. The number of carboxylic acid groups (broad SMARTS) is 1. The van der Waals surface area contributed by atoms with Gasteiger partial charge in [0.15, 0.2) is 6.35 Å². The number of hydrogen-bond acceptors (Lipinski definition) is 8. The Bertz CT molecular complexity index is 832. The number of aliphatic carboxylic acids is 1. The minimum atomic E-state index is -1.53. The molecule has 5 atom stereocenters. The van der Waals surface area contributed by atoms with Gasteiger partial charge in [-0.1, -0.05) is 6.07 Å². The molecule has 0 bridgehead atoms. The molecular weight excluding hydrogens is 362 g/mol. The zero-order valence-electron chi connectivity index (χ0n) is 15.7. The smallest absolute Gasteiger partial charge is 0.321 e. The third-order valence-electron chi connectivity index (χ3n) is 5.31. The monoisotopic (exact) mass is 387 g/mol. The van der Waals surface area contributed by atoms with E-state index in [9.17, 15) is 20.1 Å². The lowest BCUT2D eigenvalue weighted by Gasteiger charge is -2.59. The molecule has 1 saturated heterocycles. The van der Waals surface area contributed by atoms with Gasteiger partial charge in [0, 0.05) is 30.6 Å². The van der Waals surface area contributed by atoms with Gasteiger partial charge in [-0.15, -0.1) is 0 Å². The molecule has 0 amide bonds. The van der Waals surface area contributed by atoms with Crippen LogP contribution in [0, 0.1) is 5.92 Å². The van der Waals surface area contributed by atoms with Crippen molar-refractivity contribution in [2.45, 2.75) is 44.4 Å². The summed E-state index contributed by atoms with van der Waals surface area (Å²) in [5.41, 5.74) is 5.76. The van der Waals surface area contributed by atoms with Crippen LogP contribution in [0.1, 0.15) is 31.0 Å². The van der Waals surface area contributed by atoms with Gasteiger partial charge in [-0.25, -0.2) is 9.88 Å². The fourth-order valence-corrected chi connectivity index (χ4v) is 3.79. The van der Waals surface area contributed by atoms with Gasteiger partial charge in [0.25, 0.3) is 0 Å². The van der Waals surface area contributed by atoms with Crippen molar-refractivity contribution in [1.29, 1.82) is 0 Å². The summed E-state index contributed by atoms with van der Waals surface area (Å²) >= 11 is 0. The molecule has 3 heterocycles. The van der Waals surface area contributed by atoms with Crippen molar-refractivity contribution >= 4 is 11.8 Å². The van der Waals surface area contributed by atoms with Gasteiger partial charge in [0.1, 0.15) is 17.6 Å². The predicted molar refractivity (Wildman–Crippen MR) is 102 cm³/mol. The first kappa shape index (κ1) is 20.2. The Morgan fingerprint density at radius 2 is 2.18 bits per heavy atom. The van der Waals surface area contributed by atoms with Crippen molar-refractivity contribution in [3.63, 3.8) is 0 Å². The Balaban J connectivity index is 1.76. The van der Waals surface area contributed by atoms with Crippen LogP contribution in [0.15, 0.2) is 42.9 Å². The maximum absolute atomic E-state index is 11.9. The molecule has 9 nitrogen and oxygen atoms in total. The number of pyridine rings is 2. The first-order valence-electron chi connectivity index (χ1n) is 9.00. The predicted octanol–water partition coefficient (Wildman–Crippen LogP) is 0.322. The highest BCUT2D eigenvalue weighted by Gasteiger charge is 2.62. The second-order valence-corrected chi connectivity index (χ2v) is 7.23. The van der Waals surface area contributed by atoms with Crippen LogP contribution in [-0.4, -0.2) is 54.3 Å². The number of nitrogens with zero attached hydrogens (tertiary/aromatic N) is 3. The molecule has 1 fully saturated rings. The summed E-state index contributed by atoms with van der Waals surface area (Å²) in [6.07, 6.45) is 3.77. The van der Waals surface area contributed by atoms with Crippen molar-refractivity contribution in [2.75, 3.05) is 5.73 Å². The summed E-state index contributed by atoms with van der Waals surface area (Å²) in [6.45, 7) is 3.32. The summed E-state index contributed by atoms with van der Waals surface area (Å²) in [5.74, 6) is -1.42. The summed E-state index contributed by atoms with van der Waals surface area (Å²) in [6, 6.07) is 5.64. The lowest BCUT2D eigenvalue weighted by atomic mass is 9.73. The first-order chi connectivity index (χ1) is 13.2. The highest BCUT2D eigenvalue weighted by Crippen LogP contribution is 2.43. The van der Waals surface area contributed by atoms with Crippen LogP contribution >= 0.6 is 0 Å². The third kappa shape index (κ3) is 3.83. The van der Waals surface area contributed by atoms with Crippen LogP contribution < -0.4 is 11.1 Å². The lowest BCUT2D eigenvalue weighted by molar-refractivity contribution is -0.305. The number of nitrogen functional groups attached to an aromatic ring is 1. The number of aliphatic hydroxyl groups excluding tert-OH is 1. The number of anilines is 1. The molecule has 150 valence electrons. The molecule has 0 radical (unpaired) electrons. The van der Waals surface area contributed by atoms with E-state index in [0.29, 0.717) is 5.82 Å². The molecule has 0 saturated carbocycles. The second kappa shape index (κ2) is 7.80. The molecule has 9 heteroatoms. The summed E-state index contributed by atoms with van der Waals surface area (Å²) in [5, 5.41) is 34.2. The molecule has 0 spiro atoms. The van der Waals surface area contributed by atoms with Gasteiger partial charge in [0.2, 0.25) is 0 Å². The van der Waals surface area contributed by atoms with E-state index < -0.39 is 30.0 Å². The second-order valence-electron chi connectivity index (χ2n) is 7.23. The Hall–Kier alpha value is -2.59. The van der Waals surface area contributed by atoms with Gasteiger partial charge in [0.05, 0.1) is 0 Å². The van der Waals surface area contributed by atoms with Gasteiger partial charge in [-0.3, -0.25) is 15.1 Å². The van der Waals surface area contributed by atoms with E-state index in [4.69, 9.17) is 5.73 Å². The van der Waals surface area contributed by atoms with Crippen molar-refractivity contribution in [3.05, 3.63) is 54.0 Å². The number of aromatic nitrogens is 2. The Labute approximate surface area is 162 Å². The third-order valence-corrected chi connectivity index (χ3v) is 5.31. The maximum atomic E-state index is 11.9. The minimum absolute atomic E-state index is 0.290. The number of carboxylic acids is 1. The SMILES string of the molecule is CC(NC(O)N1C(C(=O)O)C(Cc2ccnc(N)c2)C1(C)O)c1cccnc1. The van der Waals surface area contributed by atoms with Crippen molar-refractivity contribution in [2.24, 2.45) is 5.92 Å². The highest BCUT2D eigenvalue weighted by molar-refractivity contribution is 5.76. The quantitative estimate of drug-likeness (QED) is 0.424.